The third-order valence-corrected chi connectivity index (χ3v) is 4.71. The van der Waals surface area contributed by atoms with Gasteiger partial charge in [-0.3, -0.25) is 0 Å². The highest BCUT2D eigenvalue weighted by Crippen LogP contribution is 2.28. The molecule has 0 saturated heterocycles. The van der Waals surface area contributed by atoms with E-state index in [-0.39, 0.29) is 11.4 Å². The van der Waals surface area contributed by atoms with E-state index in [1.165, 1.54) is 71.3 Å². The largest absolute Gasteiger partial charge is 0.333 e. The predicted molar refractivity (Wildman–Crippen MR) is 139 cm³/mol. The highest BCUT2D eigenvalue weighted by molar-refractivity contribution is 5.32. The quantitative estimate of drug-likeness (QED) is 0.618. The molecule has 2 aliphatic carbocycles. The van der Waals surface area contributed by atoms with Gasteiger partial charge >= 0.3 is 0 Å². The Kier molecular flexibility index (Phi) is 21.9. The Labute approximate surface area is 186 Å². The molecule has 28 heavy (non-hydrogen) atoms. The second-order valence-electron chi connectivity index (χ2n) is 6.33. The third kappa shape index (κ3) is 15.5. The van der Waals surface area contributed by atoms with E-state index in [2.05, 4.69) is 65.0 Å². The maximum Gasteiger partial charge on any atom is 0.00951 e. The summed E-state index contributed by atoms with van der Waals surface area (Å²) in [5.41, 5.74) is 4.50. The topological polar surface area (TPSA) is 29.3 Å². The van der Waals surface area contributed by atoms with Crippen LogP contribution in [0.3, 0.4) is 0 Å². The molecule has 0 bridgehead atoms. The molecule has 0 spiro atoms. The molecule has 0 amide bonds. The number of nitrogens with two attached hydrogens (primary N) is 1. The Bertz CT molecular complexity index is 587. The highest BCUT2D eigenvalue weighted by Gasteiger charge is 2.25. The standard InChI is InChI=1S/C13H25N.2C6H2.CH5N.8H2/c1-14(12-8-4-2-5-9-12)13-10-6-3-7-11-13;2*1-3-5-6-4-2;1-2;;;;;;;;/h12-13H,2-11H2,1H3;2*1-2H;2H2,1H3;8*1H. The third-order valence-electron chi connectivity index (χ3n) is 4.71. The van der Waals surface area contributed by atoms with Crippen molar-refractivity contribution in [3.05, 3.63) is 0 Å². The Morgan fingerprint density at radius 3 is 1.07 bits per heavy atom. The van der Waals surface area contributed by atoms with Gasteiger partial charge in [0.25, 0.3) is 0 Å². The summed E-state index contributed by atoms with van der Waals surface area (Å²) in [6.07, 6.45) is 33.5. The van der Waals surface area contributed by atoms with Gasteiger partial charge in [-0.25, -0.2) is 0 Å². The van der Waals surface area contributed by atoms with E-state index in [1.807, 2.05) is 0 Å². The highest BCUT2D eigenvalue weighted by atomic mass is 15.2. The summed E-state index contributed by atoms with van der Waals surface area (Å²) in [5.74, 6) is 17.2. The average Bonchev–Trinajstić information content (AvgIpc) is 2.79. The van der Waals surface area contributed by atoms with E-state index in [0.717, 1.165) is 12.1 Å². The first-order valence-electron chi connectivity index (χ1n) is 9.83. The fraction of sp³-hybridized carbons (Fsp3) is 0.538. The van der Waals surface area contributed by atoms with Crippen LogP contribution in [0.5, 0.6) is 0 Å². The first-order valence-corrected chi connectivity index (χ1v) is 9.83. The molecule has 0 atom stereocenters. The Morgan fingerprint density at radius 1 is 0.607 bits per heavy atom. The Hall–Kier alpha value is -2.72. The van der Waals surface area contributed by atoms with E-state index < -0.39 is 0 Å². The monoisotopic (exact) mass is 390 g/mol. The molecule has 2 nitrogen and oxygen atoms in total. The van der Waals surface area contributed by atoms with Crippen molar-refractivity contribution >= 4 is 0 Å². The first-order chi connectivity index (χ1) is 13.7. The molecule has 0 radical (unpaired) electrons. The van der Waals surface area contributed by atoms with Crippen LogP contribution in [0.15, 0.2) is 0 Å². The van der Waals surface area contributed by atoms with Gasteiger partial charge in [-0.2, -0.15) is 0 Å². The second kappa shape index (κ2) is 22.3. The molecule has 2 aliphatic rings. The molecule has 2 rings (SSSR count). The molecule has 0 aliphatic heterocycles. The van der Waals surface area contributed by atoms with E-state index in [9.17, 15) is 0 Å². The van der Waals surface area contributed by atoms with Crippen molar-refractivity contribution in [2.45, 2.75) is 76.3 Å². The van der Waals surface area contributed by atoms with Crippen LogP contribution in [-0.2, 0) is 0 Å². The van der Waals surface area contributed by atoms with Gasteiger partial charge in [0.1, 0.15) is 0 Å². The maximum absolute atomic E-state index is 4.70. The van der Waals surface area contributed by atoms with Crippen molar-refractivity contribution in [3.8, 4) is 73.1 Å². The van der Waals surface area contributed by atoms with Gasteiger partial charge in [0.05, 0.1) is 0 Å². The Balaban J connectivity index is -0.0000000339. The fourth-order valence-electron chi connectivity index (χ4n) is 3.42. The van der Waals surface area contributed by atoms with E-state index in [1.54, 1.807) is 0 Å². The molecule has 0 unspecified atom stereocenters. The molecule has 0 aromatic heterocycles. The van der Waals surface area contributed by atoms with Crippen LogP contribution < -0.4 is 5.73 Å². The lowest BCUT2D eigenvalue weighted by molar-refractivity contribution is 0.111. The molecular formula is C26H50N2. The van der Waals surface area contributed by atoms with Gasteiger partial charge in [0.15, 0.2) is 0 Å². The van der Waals surface area contributed by atoms with Crippen molar-refractivity contribution < 1.29 is 11.4 Å². The van der Waals surface area contributed by atoms with Crippen molar-refractivity contribution in [2.75, 3.05) is 14.1 Å². The normalized spacial score (nSPS) is 15.0. The maximum atomic E-state index is 4.70. The van der Waals surface area contributed by atoms with Crippen LogP contribution >= 0.6 is 0 Å². The van der Waals surface area contributed by atoms with Gasteiger partial charge in [-0.05, 0) is 87.1 Å². The fourth-order valence-corrected chi connectivity index (χ4v) is 3.42. The van der Waals surface area contributed by atoms with Gasteiger partial charge in [-0.15, -0.1) is 25.7 Å². The minimum absolute atomic E-state index is 0. The van der Waals surface area contributed by atoms with Crippen molar-refractivity contribution in [2.24, 2.45) is 5.73 Å². The van der Waals surface area contributed by atoms with Crippen molar-refractivity contribution in [1.29, 1.82) is 0 Å². The van der Waals surface area contributed by atoms with Gasteiger partial charge in [0.2, 0.25) is 0 Å². The van der Waals surface area contributed by atoms with E-state index in [0.29, 0.717) is 0 Å². The SMILES string of the molecule is C#CC#CC#C.C#CC#CC#C.CN.CN(C1CCCCC1)C1CCCCC1.[HH].[HH].[HH].[HH].[HH].[HH].[HH].[HH]. The minimum atomic E-state index is 0. The summed E-state index contributed by atoms with van der Waals surface area (Å²) >= 11 is 0. The van der Waals surface area contributed by atoms with Crippen molar-refractivity contribution in [1.82, 2.24) is 4.90 Å². The van der Waals surface area contributed by atoms with Crippen LogP contribution in [0.1, 0.15) is 75.6 Å². The molecule has 2 heteroatoms. The molecule has 0 aromatic rings. The number of nitrogens with zero attached hydrogens (tertiary/aromatic N) is 1. The zero-order chi connectivity index (χ0) is 21.5. The van der Waals surface area contributed by atoms with E-state index >= 15 is 0 Å². The molecule has 2 N–H and O–H groups in total. The number of rotatable bonds is 2. The summed E-state index contributed by atoms with van der Waals surface area (Å²) in [6.45, 7) is 0. The lowest BCUT2D eigenvalue weighted by atomic mass is 9.89. The zero-order valence-corrected chi connectivity index (χ0v) is 17.6. The van der Waals surface area contributed by atoms with E-state index in [4.69, 9.17) is 25.7 Å². The summed E-state index contributed by atoms with van der Waals surface area (Å²) in [6, 6.07) is 1.85. The number of hydrogen-bond acceptors (Lipinski definition) is 2. The molecule has 2 saturated carbocycles. The van der Waals surface area contributed by atoms with Crippen LogP contribution in [-0.4, -0.2) is 31.1 Å². The molecular weight excluding hydrogens is 340 g/mol. The van der Waals surface area contributed by atoms with Gasteiger partial charge in [0, 0.05) is 23.5 Å². The molecule has 0 aromatic carbocycles. The van der Waals surface area contributed by atoms with Crippen LogP contribution in [0.2, 0.25) is 0 Å². The summed E-state index contributed by atoms with van der Waals surface area (Å²) in [5, 5.41) is 0. The molecule has 0 heterocycles. The number of terminal acetylenes is 4. The summed E-state index contributed by atoms with van der Waals surface area (Å²) < 4.78 is 0. The smallest absolute Gasteiger partial charge is 0.00951 e. The lowest BCUT2D eigenvalue weighted by Gasteiger charge is -2.39. The minimum Gasteiger partial charge on any atom is -0.333 e. The van der Waals surface area contributed by atoms with Gasteiger partial charge in [-0.1, -0.05) is 38.5 Å². The van der Waals surface area contributed by atoms with Gasteiger partial charge < -0.3 is 10.6 Å². The summed E-state index contributed by atoms with van der Waals surface area (Å²) in [7, 11) is 3.88. The number of hydrogen-bond donors (Lipinski definition) is 1. The zero-order valence-electron chi connectivity index (χ0n) is 17.6. The average molecular weight is 391 g/mol. The van der Waals surface area contributed by atoms with Crippen molar-refractivity contribution in [3.63, 3.8) is 0 Å². The van der Waals surface area contributed by atoms with Crippen LogP contribution in [0.25, 0.3) is 0 Å². The predicted octanol–water partition coefficient (Wildman–Crippen LogP) is 5.64. The molecule has 2 fully saturated rings. The second-order valence-corrected chi connectivity index (χ2v) is 6.33. The Morgan fingerprint density at radius 2 is 0.857 bits per heavy atom. The van der Waals surface area contributed by atoms with Crippen LogP contribution in [0.4, 0.5) is 0 Å². The lowest BCUT2D eigenvalue weighted by Crippen LogP contribution is -2.42. The van der Waals surface area contributed by atoms with Crippen LogP contribution in [0, 0.1) is 73.1 Å². The first kappa shape index (κ1) is 27.5. The molecule has 164 valence electrons. The summed E-state index contributed by atoms with van der Waals surface area (Å²) in [4.78, 5) is 2.72.